The van der Waals surface area contributed by atoms with E-state index >= 15 is 0 Å². The molecule has 1 aromatic heterocycles. The van der Waals surface area contributed by atoms with Crippen LogP contribution in [0.25, 0.3) is 0 Å². The van der Waals surface area contributed by atoms with Crippen molar-refractivity contribution in [1.82, 2.24) is 10.4 Å². The molecule has 0 fully saturated rings. The summed E-state index contributed by atoms with van der Waals surface area (Å²) in [6.45, 7) is 7.02. The van der Waals surface area contributed by atoms with E-state index in [1.807, 2.05) is 19.9 Å². The van der Waals surface area contributed by atoms with Gasteiger partial charge in [0.2, 0.25) is 0 Å². The van der Waals surface area contributed by atoms with Crippen molar-refractivity contribution in [3.63, 3.8) is 0 Å². The summed E-state index contributed by atoms with van der Waals surface area (Å²) < 4.78 is 5.59. The second kappa shape index (κ2) is 4.49. The Hall–Kier alpha value is -1.62. The number of hydrazine groups is 1. The van der Waals surface area contributed by atoms with Gasteiger partial charge in [0.1, 0.15) is 5.75 Å². The van der Waals surface area contributed by atoms with Crippen LogP contribution in [-0.4, -0.2) is 16.5 Å². The first kappa shape index (κ1) is 12.4. The molecule has 1 amide bonds. The van der Waals surface area contributed by atoms with Crippen molar-refractivity contribution in [1.29, 1.82) is 0 Å². The van der Waals surface area contributed by atoms with E-state index in [-0.39, 0.29) is 5.91 Å². The molecule has 0 bridgehead atoms. The summed E-state index contributed by atoms with van der Waals surface area (Å²) in [7, 11) is 0. The first-order valence-electron chi connectivity index (χ1n) is 5.01. The first-order chi connectivity index (χ1) is 7.36. The quantitative estimate of drug-likeness (QED) is 0.452. The third-order valence-corrected chi connectivity index (χ3v) is 2.22. The zero-order chi connectivity index (χ0) is 12.3. The van der Waals surface area contributed by atoms with Crippen LogP contribution in [0.5, 0.6) is 5.75 Å². The van der Waals surface area contributed by atoms with Gasteiger partial charge in [-0.05, 0) is 39.8 Å². The molecule has 0 spiro atoms. The Bertz CT molecular complexity index is 402. The fraction of sp³-hybridized carbons (Fsp3) is 0.455. The number of hydrogen-bond acceptors (Lipinski definition) is 4. The van der Waals surface area contributed by atoms with Crippen LogP contribution in [0, 0.1) is 13.8 Å². The van der Waals surface area contributed by atoms with Crippen LogP contribution in [-0.2, 0) is 4.79 Å². The van der Waals surface area contributed by atoms with E-state index < -0.39 is 5.60 Å². The number of nitrogens with two attached hydrogens (primary N) is 1. The summed E-state index contributed by atoms with van der Waals surface area (Å²) in [5.41, 5.74) is 2.71. The average molecular weight is 223 g/mol. The number of aryl methyl sites for hydroxylation is 2. The Morgan fingerprint density at radius 3 is 2.56 bits per heavy atom. The zero-order valence-electron chi connectivity index (χ0n) is 10.00. The highest BCUT2D eigenvalue weighted by Crippen LogP contribution is 2.21. The Morgan fingerprint density at radius 2 is 2.06 bits per heavy atom. The lowest BCUT2D eigenvalue weighted by molar-refractivity contribution is -0.134. The molecule has 5 nitrogen and oxygen atoms in total. The third kappa shape index (κ3) is 2.70. The van der Waals surface area contributed by atoms with Gasteiger partial charge in [0.15, 0.2) is 5.60 Å². The molecule has 3 N–H and O–H groups in total. The maximum Gasteiger partial charge on any atom is 0.277 e. The largest absolute Gasteiger partial charge is 0.476 e. The van der Waals surface area contributed by atoms with E-state index in [1.54, 1.807) is 19.9 Å². The number of aromatic nitrogens is 1. The van der Waals surface area contributed by atoms with Crippen LogP contribution in [0.2, 0.25) is 0 Å². The van der Waals surface area contributed by atoms with E-state index in [0.717, 1.165) is 11.4 Å². The summed E-state index contributed by atoms with van der Waals surface area (Å²) in [4.78, 5) is 15.7. The highest BCUT2D eigenvalue weighted by molar-refractivity contribution is 5.84. The number of nitrogens with one attached hydrogen (secondary N) is 1. The predicted molar refractivity (Wildman–Crippen MR) is 60.7 cm³/mol. The Morgan fingerprint density at radius 1 is 1.44 bits per heavy atom. The number of carbonyl (C=O) groups is 1. The fourth-order valence-electron chi connectivity index (χ4n) is 1.28. The smallest absolute Gasteiger partial charge is 0.277 e. The van der Waals surface area contributed by atoms with Gasteiger partial charge < -0.3 is 4.74 Å². The van der Waals surface area contributed by atoms with E-state index in [0.29, 0.717) is 5.75 Å². The molecule has 1 rings (SSSR count). The number of hydrogen-bond donors (Lipinski definition) is 2. The number of nitrogens with zero attached hydrogens (tertiary/aromatic N) is 1. The first-order valence-corrected chi connectivity index (χ1v) is 5.01. The molecule has 0 aliphatic heterocycles. The van der Waals surface area contributed by atoms with Gasteiger partial charge in [-0.25, -0.2) is 5.84 Å². The lowest BCUT2D eigenvalue weighted by Gasteiger charge is -2.24. The lowest BCUT2D eigenvalue weighted by atomic mass is 10.1. The molecule has 1 heterocycles. The predicted octanol–water partition coefficient (Wildman–Crippen LogP) is 0.846. The Labute approximate surface area is 95.0 Å². The summed E-state index contributed by atoms with van der Waals surface area (Å²) in [5, 5.41) is 0. The van der Waals surface area contributed by atoms with Crippen molar-refractivity contribution in [2.24, 2.45) is 5.84 Å². The van der Waals surface area contributed by atoms with Crippen LogP contribution in [0.3, 0.4) is 0 Å². The molecular weight excluding hydrogens is 206 g/mol. The minimum atomic E-state index is -1.02. The van der Waals surface area contributed by atoms with Crippen molar-refractivity contribution in [2.75, 3.05) is 0 Å². The molecule has 0 aliphatic carbocycles. The normalized spacial score (nSPS) is 11.1. The molecular formula is C11H17N3O2. The van der Waals surface area contributed by atoms with Crippen LogP contribution < -0.4 is 16.0 Å². The lowest BCUT2D eigenvalue weighted by Crippen LogP contribution is -2.49. The van der Waals surface area contributed by atoms with Crippen molar-refractivity contribution in [3.8, 4) is 5.75 Å². The minimum absolute atomic E-state index is 0.382. The maximum absolute atomic E-state index is 11.4. The number of pyridine rings is 1. The van der Waals surface area contributed by atoms with Gasteiger partial charge in [-0.1, -0.05) is 0 Å². The Balaban J connectivity index is 2.92. The molecule has 0 saturated heterocycles. The van der Waals surface area contributed by atoms with Gasteiger partial charge in [0.05, 0.1) is 5.69 Å². The van der Waals surface area contributed by atoms with E-state index in [2.05, 4.69) is 10.4 Å². The van der Waals surface area contributed by atoms with Crippen molar-refractivity contribution in [3.05, 3.63) is 23.5 Å². The van der Waals surface area contributed by atoms with Crippen molar-refractivity contribution >= 4 is 5.91 Å². The summed E-state index contributed by atoms with van der Waals surface area (Å²) in [5.74, 6) is 5.28. The van der Waals surface area contributed by atoms with Gasteiger partial charge in [-0.3, -0.25) is 15.2 Å². The van der Waals surface area contributed by atoms with Gasteiger partial charge in [0, 0.05) is 5.69 Å². The van der Waals surface area contributed by atoms with Crippen LogP contribution >= 0.6 is 0 Å². The van der Waals surface area contributed by atoms with Crippen molar-refractivity contribution in [2.45, 2.75) is 33.3 Å². The molecule has 5 heteroatoms. The summed E-state index contributed by atoms with van der Waals surface area (Å²) >= 11 is 0. The average Bonchev–Trinajstić information content (AvgIpc) is 2.21. The molecule has 0 aliphatic rings. The van der Waals surface area contributed by atoms with Gasteiger partial charge in [0.25, 0.3) is 5.91 Å². The minimum Gasteiger partial charge on any atom is -0.476 e. The molecule has 0 unspecified atom stereocenters. The Kier molecular flexibility index (Phi) is 3.49. The van der Waals surface area contributed by atoms with E-state index in [1.165, 1.54) is 0 Å². The van der Waals surface area contributed by atoms with Crippen LogP contribution in [0.1, 0.15) is 25.2 Å². The molecule has 0 atom stereocenters. The number of ether oxygens (including phenoxy) is 1. The molecule has 0 radical (unpaired) electrons. The third-order valence-electron chi connectivity index (χ3n) is 2.22. The maximum atomic E-state index is 11.4. The zero-order valence-corrected chi connectivity index (χ0v) is 10.00. The van der Waals surface area contributed by atoms with Crippen LogP contribution in [0.15, 0.2) is 12.1 Å². The molecule has 0 aromatic carbocycles. The molecule has 1 aromatic rings. The van der Waals surface area contributed by atoms with Crippen LogP contribution in [0.4, 0.5) is 0 Å². The monoisotopic (exact) mass is 223 g/mol. The van der Waals surface area contributed by atoms with Gasteiger partial charge in [-0.15, -0.1) is 0 Å². The number of carbonyl (C=O) groups excluding carboxylic acids is 1. The second-order valence-corrected chi connectivity index (χ2v) is 4.12. The van der Waals surface area contributed by atoms with E-state index in [4.69, 9.17) is 10.6 Å². The topological polar surface area (TPSA) is 77.2 Å². The highest BCUT2D eigenvalue weighted by Gasteiger charge is 2.29. The fourth-order valence-corrected chi connectivity index (χ4v) is 1.28. The van der Waals surface area contributed by atoms with Gasteiger partial charge >= 0.3 is 0 Å². The molecule has 16 heavy (non-hydrogen) atoms. The van der Waals surface area contributed by atoms with Crippen molar-refractivity contribution < 1.29 is 9.53 Å². The highest BCUT2D eigenvalue weighted by atomic mass is 16.5. The SMILES string of the molecule is Cc1ccc(OC(C)(C)C(=O)NN)c(C)n1. The molecule has 88 valence electrons. The number of amides is 1. The van der Waals surface area contributed by atoms with E-state index in [9.17, 15) is 4.79 Å². The van der Waals surface area contributed by atoms with Gasteiger partial charge in [-0.2, -0.15) is 0 Å². The number of rotatable bonds is 3. The second-order valence-electron chi connectivity index (χ2n) is 4.12. The standard InChI is InChI=1S/C11H17N3O2/c1-7-5-6-9(8(2)13-7)16-11(3,4)10(15)14-12/h5-6H,12H2,1-4H3,(H,14,15). The summed E-state index contributed by atoms with van der Waals surface area (Å²) in [6.07, 6.45) is 0. The summed E-state index contributed by atoms with van der Waals surface area (Å²) in [6, 6.07) is 3.63. The molecule has 0 saturated carbocycles.